The molecule has 104 valence electrons. The SMILES string of the molecule is CSCCC(=O)N1CCN(c2ccccc2N)CC1. The Hall–Kier alpha value is -1.36. The molecule has 2 rings (SSSR count). The fraction of sp³-hybridized carbons (Fsp3) is 0.500. The van der Waals surface area contributed by atoms with Gasteiger partial charge in [0.1, 0.15) is 0 Å². The lowest BCUT2D eigenvalue weighted by Crippen LogP contribution is -2.49. The van der Waals surface area contributed by atoms with E-state index in [1.54, 1.807) is 11.8 Å². The summed E-state index contributed by atoms with van der Waals surface area (Å²) in [6.45, 7) is 3.31. The minimum atomic E-state index is 0.273. The van der Waals surface area contributed by atoms with E-state index in [9.17, 15) is 4.79 Å². The monoisotopic (exact) mass is 279 g/mol. The molecule has 2 N–H and O–H groups in total. The van der Waals surface area contributed by atoms with E-state index < -0.39 is 0 Å². The molecule has 1 aliphatic heterocycles. The van der Waals surface area contributed by atoms with Gasteiger partial charge < -0.3 is 15.5 Å². The Morgan fingerprint density at radius 1 is 1.26 bits per heavy atom. The van der Waals surface area contributed by atoms with Gasteiger partial charge in [-0.2, -0.15) is 11.8 Å². The zero-order valence-electron chi connectivity index (χ0n) is 11.3. The third-order valence-corrected chi connectivity index (χ3v) is 4.04. The number of carbonyl (C=O) groups excluding carboxylic acids is 1. The third kappa shape index (κ3) is 3.56. The summed E-state index contributed by atoms with van der Waals surface area (Å²) in [5.41, 5.74) is 7.88. The minimum absolute atomic E-state index is 0.273. The van der Waals surface area contributed by atoms with Crippen LogP contribution in [-0.4, -0.2) is 49.0 Å². The first-order valence-electron chi connectivity index (χ1n) is 6.58. The van der Waals surface area contributed by atoms with Crippen molar-refractivity contribution in [1.82, 2.24) is 4.90 Å². The first-order chi connectivity index (χ1) is 9.22. The van der Waals surface area contributed by atoms with Crippen molar-refractivity contribution in [3.63, 3.8) is 0 Å². The van der Waals surface area contributed by atoms with Gasteiger partial charge in [-0.1, -0.05) is 12.1 Å². The van der Waals surface area contributed by atoms with E-state index in [4.69, 9.17) is 5.73 Å². The number of nitrogens with two attached hydrogens (primary N) is 1. The minimum Gasteiger partial charge on any atom is -0.397 e. The smallest absolute Gasteiger partial charge is 0.223 e. The van der Waals surface area contributed by atoms with E-state index in [0.29, 0.717) is 6.42 Å². The molecule has 0 radical (unpaired) electrons. The highest BCUT2D eigenvalue weighted by atomic mass is 32.2. The normalized spacial score (nSPS) is 15.6. The molecule has 1 aromatic carbocycles. The molecule has 1 aromatic rings. The van der Waals surface area contributed by atoms with Gasteiger partial charge in [-0.25, -0.2) is 0 Å². The topological polar surface area (TPSA) is 49.6 Å². The van der Waals surface area contributed by atoms with Gasteiger partial charge in [-0.15, -0.1) is 0 Å². The van der Waals surface area contributed by atoms with E-state index in [1.165, 1.54) is 0 Å². The fourth-order valence-corrected chi connectivity index (χ4v) is 2.70. The molecule has 1 saturated heterocycles. The lowest BCUT2D eigenvalue weighted by atomic mass is 10.2. The molecular weight excluding hydrogens is 258 g/mol. The van der Waals surface area contributed by atoms with Crippen LogP contribution in [0.3, 0.4) is 0 Å². The molecule has 0 atom stereocenters. The van der Waals surface area contributed by atoms with E-state index in [-0.39, 0.29) is 5.91 Å². The molecule has 0 saturated carbocycles. The van der Waals surface area contributed by atoms with Crippen LogP contribution in [0.1, 0.15) is 6.42 Å². The number of nitrogen functional groups attached to an aromatic ring is 1. The average Bonchev–Trinajstić information content (AvgIpc) is 2.45. The molecule has 0 aliphatic carbocycles. The third-order valence-electron chi connectivity index (χ3n) is 3.43. The Bertz CT molecular complexity index is 430. The largest absolute Gasteiger partial charge is 0.397 e. The van der Waals surface area contributed by atoms with Gasteiger partial charge in [-0.3, -0.25) is 4.79 Å². The van der Waals surface area contributed by atoms with Crippen LogP contribution < -0.4 is 10.6 Å². The van der Waals surface area contributed by atoms with Gasteiger partial charge in [0.15, 0.2) is 0 Å². The highest BCUT2D eigenvalue weighted by molar-refractivity contribution is 7.98. The number of carbonyl (C=O) groups is 1. The van der Waals surface area contributed by atoms with Crippen LogP contribution >= 0.6 is 11.8 Å². The molecule has 4 nitrogen and oxygen atoms in total. The Labute approximate surface area is 118 Å². The summed E-state index contributed by atoms with van der Waals surface area (Å²) in [7, 11) is 0. The van der Waals surface area contributed by atoms with Crippen molar-refractivity contribution in [1.29, 1.82) is 0 Å². The molecule has 0 aromatic heterocycles. The van der Waals surface area contributed by atoms with Crippen molar-refractivity contribution < 1.29 is 4.79 Å². The lowest BCUT2D eigenvalue weighted by molar-refractivity contribution is -0.131. The number of thioether (sulfide) groups is 1. The molecule has 0 bridgehead atoms. The van der Waals surface area contributed by atoms with Crippen molar-refractivity contribution in [3.8, 4) is 0 Å². The Kier molecular flexibility index (Phi) is 4.96. The Morgan fingerprint density at radius 2 is 1.95 bits per heavy atom. The maximum atomic E-state index is 11.9. The van der Waals surface area contributed by atoms with Crippen molar-refractivity contribution in [2.24, 2.45) is 0 Å². The summed E-state index contributed by atoms with van der Waals surface area (Å²) in [6, 6.07) is 7.91. The summed E-state index contributed by atoms with van der Waals surface area (Å²) in [4.78, 5) is 16.2. The van der Waals surface area contributed by atoms with Crippen LogP contribution in [0.5, 0.6) is 0 Å². The number of para-hydroxylation sites is 2. The lowest BCUT2D eigenvalue weighted by Gasteiger charge is -2.36. The summed E-state index contributed by atoms with van der Waals surface area (Å²) in [5, 5.41) is 0. The second-order valence-electron chi connectivity index (χ2n) is 4.67. The zero-order chi connectivity index (χ0) is 13.7. The molecular formula is C14H21N3OS. The quantitative estimate of drug-likeness (QED) is 0.852. The standard InChI is InChI=1S/C14H21N3OS/c1-19-11-6-14(18)17-9-7-16(8-10-17)13-5-3-2-4-12(13)15/h2-5H,6-11,15H2,1H3. The van der Waals surface area contributed by atoms with Crippen molar-refractivity contribution in [3.05, 3.63) is 24.3 Å². The van der Waals surface area contributed by atoms with Gasteiger partial charge in [0, 0.05) is 38.4 Å². The highest BCUT2D eigenvalue weighted by Crippen LogP contribution is 2.23. The first-order valence-corrected chi connectivity index (χ1v) is 7.98. The second-order valence-corrected chi connectivity index (χ2v) is 5.66. The second kappa shape index (κ2) is 6.70. The predicted molar refractivity (Wildman–Crippen MR) is 82.6 cm³/mol. The van der Waals surface area contributed by atoms with Gasteiger partial charge in [0.05, 0.1) is 11.4 Å². The van der Waals surface area contributed by atoms with Crippen LogP contribution in [0.25, 0.3) is 0 Å². The number of anilines is 2. The van der Waals surface area contributed by atoms with Crippen molar-refractivity contribution >= 4 is 29.0 Å². The molecule has 0 unspecified atom stereocenters. The van der Waals surface area contributed by atoms with Crippen LogP contribution in [0.15, 0.2) is 24.3 Å². The summed E-state index contributed by atoms with van der Waals surface area (Å²) < 4.78 is 0. The molecule has 0 spiro atoms. The van der Waals surface area contributed by atoms with E-state index in [0.717, 1.165) is 43.3 Å². The number of amides is 1. The number of hydrogen-bond acceptors (Lipinski definition) is 4. The first kappa shape index (κ1) is 14.1. The highest BCUT2D eigenvalue weighted by Gasteiger charge is 2.21. The summed E-state index contributed by atoms with van der Waals surface area (Å²) in [5.74, 6) is 1.18. The maximum Gasteiger partial charge on any atom is 0.223 e. The van der Waals surface area contributed by atoms with E-state index in [2.05, 4.69) is 4.90 Å². The van der Waals surface area contributed by atoms with Gasteiger partial charge in [-0.05, 0) is 18.4 Å². The van der Waals surface area contributed by atoms with Gasteiger partial charge >= 0.3 is 0 Å². The summed E-state index contributed by atoms with van der Waals surface area (Å²) >= 11 is 1.72. The number of nitrogens with zero attached hydrogens (tertiary/aromatic N) is 2. The number of rotatable bonds is 4. The molecule has 1 heterocycles. The number of benzene rings is 1. The maximum absolute atomic E-state index is 11.9. The average molecular weight is 279 g/mol. The summed E-state index contributed by atoms with van der Waals surface area (Å²) in [6.07, 6.45) is 2.68. The van der Waals surface area contributed by atoms with E-state index in [1.807, 2.05) is 35.4 Å². The Balaban J connectivity index is 1.89. The van der Waals surface area contributed by atoms with Crippen LogP contribution in [0.4, 0.5) is 11.4 Å². The van der Waals surface area contributed by atoms with E-state index >= 15 is 0 Å². The number of piperazine rings is 1. The zero-order valence-corrected chi connectivity index (χ0v) is 12.2. The van der Waals surface area contributed by atoms with Gasteiger partial charge in [0.2, 0.25) is 5.91 Å². The molecule has 1 amide bonds. The number of hydrogen-bond donors (Lipinski definition) is 1. The molecule has 1 aliphatic rings. The molecule has 1 fully saturated rings. The fourth-order valence-electron chi connectivity index (χ4n) is 2.32. The van der Waals surface area contributed by atoms with Crippen molar-refractivity contribution in [2.75, 3.05) is 48.8 Å². The van der Waals surface area contributed by atoms with Crippen LogP contribution in [0, 0.1) is 0 Å². The Morgan fingerprint density at radius 3 is 2.58 bits per heavy atom. The van der Waals surface area contributed by atoms with Crippen LogP contribution in [0.2, 0.25) is 0 Å². The van der Waals surface area contributed by atoms with Crippen molar-refractivity contribution in [2.45, 2.75) is 6.42 Å². The van der Waals surface area contributed by atoms with Crippen LogP contribution in [-0.2, 0) is 4.79 Å². The molecule has 19 heavy (non-hydrogen) atoms. The van der Waals surface area contributed by atoms with Gasteiger partial charge in [0.25, 0.3) is 0 Å². The predicted octanol–water partition coefficient (Wildman–Crippen LogP) is 1.67. The molecule has 5 heteroatoms.